The van der Waals surface area contributed by atoms with Crippen molar-refractivity contribution in [3.05, 3.63) is 0 Å². The molecule has 0 bridgehead atoms. The average Bonchev–Trinajstić information content (AvgIpc) is 2.47. The lowest BCUT2D eigenvalue weighted by Gasteiger charge is -2.40. The van der Waals surface area contributed by atoms with Gasteiger partial charge in [0.05, 0.1) is 0 Å². The molecular formula is C11H22N2. The van der Waals surface area contributed by atoms with Gasteiger partial charge in [-0.3, -0.25) is 4.90 Å². The highest BCUT2D eigenvalue weighted by Gasteiger charge is 2.34. The zero-order valence-corrected chi connectivity index (χ0v) is 8.92. The molecule has 13 heavy (non-hydrogen) atoms. The number of nitrogens with zero attached hydrogens (tertiary/aromatic N) is 1. The fourth-order valence-corrected chi connectivity index (χ4v) is 2.68. The standard InChI is InChI=1S/C11H22N2/c1-3-9-7-12-8-11(9)13(2)10-5-4-6-10/h9-12H,3-8H2,1-2H3. The summed E-state index contributed by atoms with van der Waals surface area (Å²) in [5.41, 5.74) is 0. The lowest BCUT2D eigenvalue weighted by Crippen LogP contribution is -2.47. The Hall–Kier alpha value is -0.0800. The fraction of sp³-hybridized carbons (Fsp3) is 1.00. The van der Waals surface area contributed by atoms with Crippen LogP contribution < -0.4 is 5.32 Å². The summed E-state index contributed by atoms with van der Waals surface area (Å²) in [5, 5.41) is 3.52. The van der Waals surface area contributed by atoms with E-state index in [4.69, 9.17) is 0 Å². The molecular weight excluding hydrogens is 160 g/mol. The predicted molar refractivity (Wildman–Crippen MR) is 55.8 cm³/mol. The van der Waals surface area contributed by atoms with Crippen LogP contribution in [0, 0.1) is 5.92 Å². The Kier molecular flexibility index (Phi) is 2.89. The van der Waals surface area contributed by atoms with Crippen LogP contribution in [0.1, 0.15) is 32.6 Å². The molecule has 1 heterocycles. The Bertz CT molecular complexity index is 165. The van der Waals surface area contributed by atoms with E-state index >= 15 is 0 Å². The Morgan fingerprint density at radius 3 is 2.62 bits per heavy atom. The average molecular weight is 182 g/mol. The Morgan fingerprint density at radius 1 is 1.31 bits per heavy atom. The lowest BCUT2D eigenvalue weighted by molar-refractivity contribution is 0.0953. The van der Waals surface area contributed by atoms with E-state index in [9.17, 15) is 0 Å². The van der Waals surface area contributed by atoms with Crippen LogP contribution in [0.2, 0.25) is 0 Å². The van der Waals surface area contributed by atoms with Gasteiger partial charge in [-0.25, -0.2) is 0 Å². The minimum atomic E-state index is 0.815. The summed E-state index contributed by atoms with van der Waals surface area (Å²) >= 11 is 0. The highest BCUT2D eigenvalue weighted by atomic mass is 15.2. The summed E-state index contributed by atoms with van der Waals surface area (Å²) in [6.07, 6.45) is 5.65. The number of likely N-dealkylation sites (N-methyl/N-ethyl adjacent to an activating group) is 1. The highest BCUT2D eigenvalue weighted by Crippen LogP contribution is 2.29. The van der Waals surface area contributed by atoms with Crippen molar-refractivity contribution < 1.29 is 0 Å². The van der Waals surface area contributed by atoms with Gasteiger partial charge in [0.25, 0.3) is 0 Å². The molecule has 1 aliphatic carbocycles. The summed E-state index contributed by atoms with van der Waals surface area (Å²) in [5.74, 6) is 0.894. The van der Waals surface area contributed by atoms with Crippen molar-refractivity contribution in [2.75, 3.05) is 20.1 Å². The topological polar surface area (TPSA) is 15.3 Å². The van der Waals surface area contributed by atoms with Gasteiger partial charge in [-0.15, -0.1) is 0 Å². The quantitative estimate of drug-likeness (QED) is 0.711. The molecule has 1 aliphatic heterocycles. The van der Waals surface area contributed by atoms with Crippen LogP contribution in [0.25, 0.3) is 0 Å². The molecule has 2 atom stereocenters. The van der Waals surface area contributed by atoms with Crippen LogP contribution in [0.5, 0.6) is 0 Å². The Balaban J connectivity index is 1.90. The van der Waals surface area contributed by atoms with Crippen LogP contribution in [0.4, 0.5) is 0 Å². The van der Waals surface area contributed by atoms with Crippen LogP contribution in [0.15, 0.2) is 0 Å². The first-order chi connectivity index (χ1) is 6.33. The molecule has 0 aromatic heterocycles. The van der Waals surface area contributed by atoms with E-state index in [0.717, 1.165) is 18.0 Å². The van der Waals surface area contributed by atoms with Gasteiger partial charge in [-0.1, -0.05) is 19.8 Å². The van der Waals surface area contributed by atoms with Crippen LogP contribution in [-0.2, 0) is 0 Å². The van der Waals surface area contributed by atoms with E-state index in [1.807, 2.05) is 0 Å². The molecule has 0 amide bonds. The van der Waals surface area contributed by atoms with Crippen LogP contribution in [-0.4, -0.2) is 37.1 Å². The summed E-state index contributed by atoms with van der Waals surface area (Å²) < 4.78 is 0. The molecule has 2 heteroatoms. The van der Waals surface area contributed by atoms with Gasteiger partial charge in [-0.05, 0) is 32.4 Å². The molecule has 2 unspecified atom stereocenters. The van der Waals surface area contributed by atoms with Gasteiger partial charge >= 0.3 is 0 Å². The van der Waals surface area contributed by atoms with Crippen molar-refractivity contribution in [1.29, 1.82) is 0 Å². The minimum absolute atomic E-state index is 0.815. The van der Waals surface area contributed by atoms with Crippen molar-refractivity contribution >= 4 is 0 Å². The number of nitrogens with one attached hydrogen (secondary N) is 1. The first kappa shape index (κ1) is 9.47. The number of hydrogen-bond acceptors (Lipinski definition) is 2. The predicted octanol–water partition coefficient (Wildman–Crippen LogP) is 1.47. The Labute approximate surface area is 81.7 Å². The van der Waals surface area contributed by atoms with Crippen molar-refractivity contribution in [1.82, 2.24) is 10.2 Å². The van der Waals surface area contributed by atoms with E-state index in [-0.39, 0.29) is 0 Å². The van der Waals surface area contributed by atoms with Crippen molar-refractivity contribution in [3.63, 3.8) is 0 Å². The number of hydrogen-bond donors (Lipinski definition) is 1. The van der Waals surface area contributed by atoms with E-state index in [2.05, 4.69) is 24.2 Å². The van der Waals surface area contributed by atoms with Gasteiger partial charge in [0.1, 0.15) is 0 Å². The maximum Gasteiger partial charge on any atom is 0.0260 e. The SMILES string of the molecule is CCC1CNCC1N(C)C1CCC1. The third kappa shape index (κ3) is 1.75. The second-order valence-electron chi connectivity index (χ2n) is 4.64. The third-order valence-corrected chi connectivity index (χ3v) is 4.00. The molecule has 76 valence electrons. The molecule has 0 aromatic rings. The Morgan fingerprint density at radius 2 is 2.08 bits per heavy atom. The first-order valence-corrected chi connectivity index (χ1v) is 5.75. The van der Waals surface area contributed by atoms with Gasteiger partial charge in [0, 0.05) is 18.6 Å². The zero-order chi connectivity index (χ0) is 9.26. The van der Waals surface area contributed by atoms with Crippen molar-refractivity contribution in [2.45, 2.75) is 44.7 Å². The van der Waals surface area contributed by atoms with Gasteiger partial charge in [-0.2, -0.15) is 0 Å². The molecule has 1 N–H and O–H groups in total. The van der Waals surface area contributed by atoms with E-state index in [1.54, 1.807) is 0 Å². The molecule has 1 saturated carbocycles. The third-order valence-electron chi connectivity index (χ3n) is 4.00. The summed E-state index contributed by atoms with van der Waals surface area (Å²) in [6.45, 7) is 4.77. The minimum Gasteiger partial charge on any atom is -0.315 e. The van der Waals surface area contributed by atoms with E-state index < -0.39 is 0 Å². The zero-order valence-electron chi connectivity index (χ0n) is 8.92. The molecule has 2 fully saturated rings. The summed E-state index contributed by atoms with van der Waals surface area (Å²) in [6, 6.07) is 1.72. The molecule has 0 aromatic carbocycles. The molecule has 2 aliphatic rings. The monoisotopic (exact) mass is 182 g/mol. The molecule has 2 nitrogen and oxygen atoms in total. The first-order valence-electron chi connectivity index (χ1n) is 5.75. The summed E-state index contributed by atoms with van der Waals surface area (Å²) in [4.78, 5) is 2.64. The number of rotatable bonds is 3. The second-order valence-corrected chi connectivity index (χ2v) is 4.64. The maximum absolute atomic E-state index is 3.52. The maximum atomic E-state index is 3.52. The van der Waals surface area contributed by atoms with Gasteiger partial charge in [0.2, 0.25) is 0 Å². The van der Waals surface area contributed by atoms with Crippen LogP contribution >= 0.6 is 0 Å². The van der Waals surface area contributed by atoms with E-state index in [0.29, 0.717) is 0 Å². The smallest absolute Gasteiger partial charge is 0.0260 e. The van der Waals surface area contributed by atoms with Crippen molar-refractivity contribution in [3.8, 4) is 0 Å². The van der Waals surface area contributed by atoms with Gasteiger partial charge in [0.15, 0.2) is 0 Å². The normalized spacial score (nSPS) is 35.3. The molecule has 2 rings (SSSR count). The van der Waals surface area contributed by atoms with Crippen molar-refractivity contribution in [2.24, 2.45) is 5.92 Å². The largest absolute Gasteiger partial charge is 0.315 e. The molecule has 1 saturated heterocycles. The summed E-state index contributed by atoms with van der Waals surface area (Å²) in [7, 11) is 2.32. The second kappa shape index (κ2) is 3.97. The highest BCUT2D eigenvalue weighted by molar-refractivity contribution is 4.91. The molecule has 0 radical (unpaired) electrons. The van der Waals surface area contributed by atoms with E-state index in [1.165, 1.54) is 38.8 Å². The van der Waals surface area contributed by atoms with Gasteiger partial charge < -0.3 is 5.32 Å². The fourth-order valence-electron chi connectivity index (χ4n) is 2.68. The molecule has 0 spiro atoms. The van der Waals surface area contributed by atoms with Crippen LogP contribution in [0.3, 0.4) is 0 Å². The lowest BCUT2D eigenvalue weighted by atomic mass is 9.88.